The summed E-state index contributed by atoms with van der Waals surface area (Å²) in [6, 6.07) is 4.01. The second kappa shape index (κ2) is 4.98. The van der Waals surface area contributed by atoms with Crippen LogP contribution in [0.5, 0.6) is 0 Å². The maximum Gasteiger partial charge on any atom is 0.162 e. The lowest BCUT2D eigenvalue weighted by molar-refractivity contribution is 0.457. The van der Waals surface area contributed by atoms with E-state index < -0.39 is 11.6 Å². The Morgan fingerprint density at radius 2 is 2.16 bits per heavy atom. The van der Waals surface area contributed by atoms with Gasteiger partial charge in [-0.25, -0.2) is 13.8 Å². The first-order chi connectivity index (χ1) is 9.18. The number of hydrogen-bond donors (Lipinski definition) is 1. The number of benzene rings is 1. The molecule has 0 fully saturated rings. The number of hydrogen-bond acceptors (Lipinski definition) is 3. The zero-order valence-corrected chi connectivity index (χ0v) is 11.1. The van der Waals surface area contributed by atoms with E-state index in [1.807, 2.05) is 0 Å². The molecule has 1 heterocycles. The lowest BCUT2D eigenvalue weighted by atomic mass is 9.88. The Morgan fingerprint density at radius 3 is 3.00 bits per heavy atom. The van der Waals surface area contributed by atoms with Gasteiger partial charge in [0, 0.05) is 16.8 Å². The Hall–Kier alpha value is -1.33. The number of thiazole rings is 1. The Labute approximate surface area is 114 Å². The van der Waals surface area contributed by atoms with Gasteiger partial charge in [-0.05, 0) is 30.9 Å². The third kappa shape index (κ3) is 2.17. The molecule has 0 aliphatic heterocycles. The first-order valence-electron chi connectivity index (χ1n) is 6.30. The molecule has 0 spiro atoms. The molecular weight excluding hydrogens is 266 g/mol. The molecule has 19 heavy (non-hydrogen) atoms. The summed E-state index contributed by atoms with van der Waals surface area (Å²) in [6.07, 6.45) is 2.51. The fraction of sp³-hybridized carbons (Fsp3) is 0.357. The maximum atomic E-state index is 14.0. The van der Waals surface area contributed by atoms with E-state index in [1.54, 1.807) is 17.6 Å². The van der Waals surface area contributed by atoms with Crippen molar-refractivity contribution in [2.45, 2.75) is 31.2 Å². The maximum absolute atomic E-state index is 14.0. The molecular formula is C14H14F2N2S. The first kappa shape index (κ1) is 12.7. The van der Waals surface area contributed by atoms with Crippen LogP contribution in [0.3, 0.4) is 0 Å². The van der Waals surface area contributed by atoms with Gasteiger partial charge in [0.15, 0.2) is 11.6 Å². The number of aryl methyl sites for hydroxylation is 1. The molecule has 2 aromatic rings. The van der Waals surface area contributed by atoms with Crippen LogP contribution in [0.25, 0.3) is 0 Å². The van der Waals surface area contributed by atoms with Crippen molar-refractivity contribution < 1.29 is 8.78 Å². The molecule has 2 atom stereocenters. The number of halogens is 2. The number of aromatic nitrogens is 1. The highest BCUT2D eigenvalue weighted by Crippen LogP contribution is 2.40. The molecule has 0 amide bonds. The van der Waals surface area contributed by atoms with Crippen LogP contribution in [-0.2, 0) is 6.42 Å². The molecule has 100 valence electrons. The lowest BCUT2D eigenvalue weighted by Gasteiger charge is -2.22. The molecule has 2 N–H and O–H groups in total. The topological polar surface area (TPSA) is 38.9 Å². The fourth-order valence-corrected chi connectivity index (χ4v) is 3.65. The minimum absolute atomic E-state index is 0.183. The number of nitrogens with two attached hydrogens (primary N) is 1. The third-order valence-electron chi connectivity index (χ3n) is 3.72. The molecule has 1 aromatic heterocycles. The predicted octanol–water partition coefficient (Wildman–Crippen LogP) is 3.54. The molecule has 1 aliphatic rings. The zero-order valence-electron chi connectivity index (χ0n) is 10.3. The van der Waals surface area contributed by atoms with Crippen LogP contribution in [-0.4, -0.2) is 4.98 Å². The molecule has 1 aliphatic carbocycles. The van der Waals surface area contributed by atoms with Gasteiger partial charge < -0.3 is 5.73 Å². The van der Waals surface area contributed by atoms with Gasteiger partial charge in [-0.2, -0.15) is 0 Å². The van der Waals surface area contributed by atoms with Crippen LogP contribution in [0.2, 0.25) is 0 Å². The molecule has 3 rings (SSSR count). The molecule has 1 aromatic carbocycles. The average Bonchev–Trinajstić information content (AvgIpc) is 2.81. The quantitative estimate of drug-likeness (QED) is 0.811. The van der Waals surface area contributed by atoms with Crippen molar-refractivity contribution in [3.8, 4) is 0 Å². The first-order valence-corrected chi connectivity index (χ1v) is 7.18. The largest absolute Gasteiger partial charge is 0.323 e. The van der Waals surface area contributed by atoms with Gasteiger partial charge in [-0.3, -0.25) is 0 Å². The monoisotopic (exact) mass is 280 g/mol. The van der Waals surface area contributed by atoms with Crippen LogP contribution >= 0.6 is 11.3 Å². The van der Waals surface area contributed by atoms with E-state index in [-0.39, 0.29) is 12.0 Å². The summed E-state index contributed by atoms with van der Waals surface area (Å²) >= 11 is 1.50. The summed E-state index contributed by atoms with van der Waals surface area (Å²) < 4.78 is 27.3. The van der Waals surface area contributed by atoms with E-state index in [1.165, 1.54) is 11.3 Å². The second-order valence-corrected chi connectivity index (χ2v) is 5.72. The Kier molecular flexibility index (Phi) is 3.33. The second-order valence-electron chi connectivity index (χ2n) is 4.83. The van der Waals surface area contributed by atoms with Crippen molar-refractivity contribution >= 4 is 11.3 Å². The van der Waals surface area contributed by atoms with Gasteiger partial charge in [0.2, 0.25) is 0 Å². The normalized spacial score (nSPS) is 22.9. The van der Waals surface area contributed by atoms with E-state index in [2.05, 4.69) is 4.98 Å². The Balaban J connectivity index is 2.03. The summed E-state index contributed by atoms with van der Waals surface area (Å²) in [5.74, 6) is -1.76. The highest BCUT2D eigenvalue weighted by atomic mass is 32.1. The minimum Gasteiger partial charge on any atom is -0.323 e. The lowest BCUT2D eigenvalue weighted by Crippen LogP contribution is -2.19. The van der Waals surface area contributed by atoms with Crippen LogP contribution in [0, 0.1) is 11.6 Å². The Morgan fingerprint density at radius 1 is 1.32 bits per heavy atom. The number of fused-ring (bicyclic) bond motifs is 1. The van der Waals surface area contributed by atoms with Crippen LogP contribution in [0.15, 0.2) is 23.7 Å². The van der Waals surface area contributed by atoms with Crippen LogP contribution in [0.4, 0.5) is 8.78 Å². The summed E-state index contributed by atoms with van der Waals surface area (Å²) in [7, 11) is 0. The fourth-order valence-electron chi connectivity index (χ4n) is 2.74. The third-order valence-corrected chi connectivity index (χ3v) is 4.69. The van der Waals surface area contributed by atoms with Crippen LogP contribution < -0.4 is 5.73 Å². The number of nitrogens with zero attached hydrogens (tertiary/aromatic N) is 1. The minimum atomic E-state index is -0.807. The number of rotatable bonds is 1. The van der Waals surface area contributed by atoms with Gasteiger partial charge in [0.25, 0.3) is 0 Å². The Bertz CT molecular complexity index is 597. The van der Waals surface area contributed by atoms with Gasteiger partial charge >= 0.3 is 0 Å². The SMILES string of the molecule is NC1c2scnc2CCCC1c1cccc(F)c1F. The van der Waals surface area contributed by atoms with Gasteiger partial charge in [0.05, 0.1) is 11.2 Å². The molecule has 0 bridgehead atoms. The highest BCUT2D eigenvalue weighted by molar-refractivity contribution is 7.09. The molecule has 5 heteroatoms. The molecule has 2 unspecified atom stereocenters. The van der Waals surface area contributed by atoms with Crippen molar-refractivity contribution in [1.29, 1.82) is 0 Å². The highest BCUT2D eigenvalue weighted by Gasteiger charge is 2.30. The van der Waals surface area contributed by atoms with Crippen molar-refractivity contribution in [1.82, 2.24) is 4.98 Å². The molecule has 0 radical (unpaired) electrons. The van der Waals surface area contributed by atoms with Crippen molar-refractivity contribution in [3.63, 3.8) is 0 Å². The average molecular weight is 280 g/mol. The van der Waals surface area contributed by atoms with Crippen LogP contribution in [0.1, 0.15) is 40.9 Å². The molecule has 2 nitrogen and oxygen atoms in total. The van der Waals surface area contributed by atoms with E-state index in [0.29, 0.717) is 5.56 Å². The van der Waals surface area contributed by atoms with E-state index in [4.69, 9.17) is 5.73 Å². The smallest absolute Gasteiger partial charge is 0.162 e. The summed E-state index contributed by atoms with van der Waals surface area (Å²) in [6.45, 7) is 0. The standard InChI is InChI=1S/C14H14F2N2S/c15-10-5-1-3-8(12(10)16)9-4-2-6-11-14(13(9)17)19-7-18-11/h1,3,5,7,9,13H,2,4,6,17H2. The molecule has 0 saturated carbocycles. The zero-order chi connectivity index (χ0) is 13.4. The van der Waals surface area contributed by atoms with E-state index >= 15 is 0 Å². The van der Waals surface area contributed by atoms with Crippen molar-refractivity contribution in [2.24, 2.45) is 5.73 Å². The predicted molar refractivity (Wildman–Crippen MR) is 71.1 cm³/mol. The van der Waals surface area contributed by atoms with Gasteiger partial charge in [-0.1, -0.05) is 12.1 Å². The van der Waals surface area contributed by atoms with Crippen molar-refractivity contribution in [2.75, 3.05) is 0 Å². The van der Waals surface area contributed by atoms with Gasteiger partial charge in [0.1, 0.15) is 0 Å². The van der Waals surface area contributed by atoms with Crippen molar-refractivity contribution in [3.05, 3.63) is 51.5 Å². The summed E-state index contributed by atoms with van der Waals surface area (Å²) in [5.41, 5.74) is 9.43. The summed E-state index contributed by atoms with van der Waals surface area (Å²) in [5, 5.41) is 0. The van der Waals surface area contributed by atoms with E-state index in [9.17, 15) is 8.78 Å². The summed E-state index contributed by atoms with van der Waals surface area (Å²) in [4.78, 5) is 5.31. The molecule has 0 saturated heterocycles. The van der Waals surface area contributed by atoms with E-state index in [0.717, 1.165) is 35.9 Å². The van der Waals surface area contributed by atoms with Gasteiger partial charge in [-0.15, -0.1) is 11.3 Å².